The molecule has 142 valence electrons. The van der Waals surface area contributed by atoms with Gasteiger partial charge in [0.2, 0.25) is 0 Å². The molecule has 4 aromatic rings. The van der Waals surface area contributed by atoms with Crippen molar-refractivity contribution in [1.82, 2.24) is 24.1 Å². The van der Waals surface area contributed by atoms with E-state index in [0.29, 0.717) is 22.6 Å². The Bertz CT molecular complexity index is 1170. The lowest BCUT2D eigenvalue weighted by Gasteiger charge is -2.10. The number of aromatic nitrogens is 5. The molecule has 0 bridgehead atoms. The molecule has 4 rings (SSSR count). The SMILES string of the molecule is NC(=O)c1cnc2ccc(-c3c(-c4ccc(F)cc4)ncn3CC(F)F)nn12. The summed E-state index contributed by atoms with van der Waals surface area (Å²) in [5.74, 6) is -1.15. The Kier molecular flexibility index (Phi) is 4.30. The molecule has 0 radical (unpaired) electrons. The van der Waals surface area contributed by atoms with Gasteiger partial charge in [0, 0.05) is 5.56 Å². The minimum absolute atomic E-state index is 0.0557. The van der Waals surface area contributed by atoms with Crippen molar-refractivity contribution in [3.8, 4) is 22.6 Å². The summed E-state index contributed by atoms with van der Waals surface area (Å²) in [5.41, 5.74) is 7.24. The van der Waals surface area contributed by atoms with E-state index < -0.39 is 24.7 Å². The van der Waals surface area contributed by atoms with E-state index in [9.17, 15) is 18.0 Å². The van der Waals surface area contributed by atoms with Crippen molar-refractivity contribution in [3.05, 3.63) is 60.4 Å². The molecular formula is C18H13F3N6O. The number of carbonyl (C=O) groups is 1. The summed E-state index contributed by atoms with van der Waals surface area (Å²) in [6, 6.07) is 8.67. The molecule has 10 heteroatoms. The van der Waals surface area contributed by atoms with Gasteiger partial charge in [-0.1, -0.05) is 0 Å². The predicted octanol–water partition coefficient (Wildman–Crippen LogP) is 2.76. The van der Waals surface area contributed by atoms with Crippen LogP contribution in [0, 0.1) is 5.82 Å². The van der Waals surface area contributed by atoms with Crippen LogP contribution in [0.1, 0.15) is 10.5 Å². The van der Waals surface area contributed by atoms with Crippen LogP contribution in [0.2, 0.25) is 0 Å². The molecule has 0 saturated heterocycles. The van der Waals surface area contributed by atoms with Crippen LogP contribution in [-0.2, 0) is 6.54 Å². The first kappa shape index (κ1) is 17.7. The lowest BCUT2D eigenvalue weighted by Crippen LogP contribution is -2.15. The smallest absolute Gasteiger partial charge is 0.269 e. The number of halogens is 3. The van der Waals surface area contributed by atoms with Gasteiger partial charge >= 0.3 is 0 Å². The van der Waals surface area contributed by atoms with Crippen molar-refractivity contribution in [2.45, 2.75) is 13.0 Å². The molecular weight excluding hydrogens is 373 g/mol. The highest BCUT2D eigenvalue weighted by Gasteiger charge is 2.20. The summed E-state index contributed by atoms with van der Waals surface area (Å²) < 4.78 is 41.9. The van der Waals surface area contributed by atoms with Gasteiger partial charge in [-0.05, 0) is 36.4 Å². The molecule has 0 aliphatic carbocycles. The first-order valence-electron chi connectivity index (χ1n) is 8.18. The molecule has 0 aliphatic rings. The van der Waals surface area contributed by atoms with Crippen molar-refractivity contribution < 1.29 is 18.0 Å². The molecule has 1 aromatic carbocycles. The van der Waals surface area contributed by atoms with E-state index in [1.165, 1.54) is 45.9 Å². The van der Waals surface area contributed by atoms with E-state index in [2.05, 4.69) is 15.1 Å². The molecule has 3 aromatic heterocycles. The Balaban J connectivity index is 1.93. The minimum Gasteiger partial charge on any atom is -0.364 e. The van der Waals surface area contributed by atoms with Crippen LogP contribution in [0.25, 0.3) is 28.3 Å². The van der Waals surface area contributed by atoms with Gasteiger partial charge in [0.15, 0.2) is 5.65 Å². The fraction of sp³-hybridized carbons (Fsp3) is 0.111. The van der Waals surface area contributed by atoms with Crippen LogP contribution < -0.4 is 5.73 Å². The maximum atomic E-state index is 13.3. The number of rotatable bonds is 5. The second-order valence-corrected chi connectivity index (χ2v) is 5.99. The number of nitrogens with zero attached hydrogens (tertiary/aromatic N) is 5. The van der Waals surface area contributed by atoms with Crippen molar-refractivity contribution in [3.63, 3.8) is 0 Å². The maximum absolute atomic E-state index is 13.3. The zero-order valence-corrected chi connectivity index (χ0v) is 14.3. The number of fused-ring (bicyclic) bond motifs is 1. The number of carbonyl (C=O) groups excluding carboxylic acids is 1. The monoisotopic (exact) mass is 386 g/mol. The van der Waals surface area contributed by atoms with Crippen LogP contribution in [0.4, 0.5) is 13.2 Å². The van der Waals surface area contributed by atoms with Gasteiger partial charge < -0.3 is 10.3 Å². The van der Waals surface area contributed by atoms with Gasteiger partial charge in [-0.2, -0.15) is 5.10 Å². The number of hydrogen-bond acceptors (Lipinski definition) is 4. The quantitative estimate of drug-likeness (QED) is 0.571. The van der Waals surface area contributed by atoms with E-state index in [0.717, 1.165) is 0 Å². The average Bonchev–Trinajstić information content (AvgIpc) is 3.25. The van der Waals surface area contributed by atoms with Crippen LogP contribution in [-0.4, -0.2) is 36.5 Å². The predicted molar refractivity (Wildman–Crippen MR) is 94.1 cm³/mol. The molecule has 3 heterocycles. The molecule has 0 fully saturated rings. The number of imidazole rings is 2. The Morgan fingerprint density at radius 2 is 1.86 bits per heavy atom. The van der Waals surface area contributed by atoms with Gasteiger partial charge in [-0.3, -0.25) is 4.79 Å². The van der Waals surface area contributed by atoms with Gasteiger partial charge in [-0.25, -0.2) is 27.7 Å². The number of amides is 1. The molecule has 28 heavy (non-hydrogen) atoms. The summed E-state index contributed by atoms with van der Waals surface area (Å²) in [6.07, 6.45) is -0.0621. The zero-order chi connectivity index (χ0) is 19.8. The largest absolute Gasteiger partial charge is 0.364 e. The Morgan fingerprint density at radius 3 is 2.54 bits per heavy atom. The van der Waals surface area contributed by atoms with E-state index in [1.54, 1.807) is 12.1 Å². The summed E-state index contributed by atoms with van der Waals surface area (Å²) >= 11 is 0. The molecule has 0 unspecified atom stereocenters. The van der Waals surface area contributed by atoms with Gasteiger partial charge in [0.05, 0.1) is 30.5 Å². The van der Waals surface area contributed by atoms with Gasteiger partial charge in [0.25, 0.3) is 12.3 Å². The Morgan fingerprint density at radius 1 is 1.11 bits per heavy atom. The van der Waals surface area contributed by atoms with E-state index in [-0.39, 0.29) is 11.4 Å². The lowest BCUT2D eigenvalue weighted by molar-refractivity contribution is 0.0993. The number of nitrogens with two attached hydrogens (primary N) is 1. The molecule has 7 nitrogen and oxygen atoms in total. The van der Waals surface area contributed by atoms with Crippen LogP contribution in [0.5, 0.6) is 0 Å². The van der Waals surface area contributed by atoms with Crippen molar-refractivity contribution in [1.29, 1.82) is 0 Å². The first-order valence-corrected chi connectivity index (χ1v) is 8.18. The van der Waals surface area contributed by atoms with Crippen LogP contribution >= 0.6 is 0 Å². The molecule has 0 saturated carbocycles. The van der Waals surface area contributed by atoms with Gasteiger partial charge in [-0.15, -0.1) is 0 Å². The average molecular weight is 386 g/mol. The Hall–Kier alpha value is -3.69. The topological polar surface area (TPSA) is 91.1 Å². The third-order valence-electron chi connectivity index (χ3n) is 4.15. The van der Waals surface area contributed by atoms with E-state index in [1.807, 2.05) is 0 Å². The Labute approximate surface area is 156 Å². The fourth-order valence-electron chi connectivity index (χ4n) is 2.92. The van der Waals surface area contributed by atoms with Crippen molar-refractivity contribution in [2.75, 3.05) is 0 Å². The minimum atomic E-state index is -2.62. The molecule has 2 N–H and O–H groups in total. The molecule has 0 atom stereocenters. The van der Waals surface area contributed by atoms with E-state index >= 15 is 0 Å². The third-order valence-corrected chi connectivity index (χ3v) is 4.15. The summed E-state index contributed by atoms with van der Waals surface area (Å²) in [6.45, 7) is -0.601. The van der Waals surface area contributed by atoms with Crippen LogP contribution in [0.15, 0.2) is 48.9 Å². The first-order chi connectivity index (χ1) is 13.4. The second-order valence-electron chi connectivity index (χ2n) is 5.99. The molecule has 1 amide bonds. The fourth-order valence-corrected chi connectivity index (χ4v) is 2.92. The third kappa shape index (κ3) is 3.08. The number of hydrogen-bond donors (Lipinski definition) is 1. The highest BCUT2D eigenvalue weighted by atomic mass is 19.3. The standard InChI is InChI=1S/C18H13F3N6O/c19-11-3-1-10(2-4-11)16-17(26(9-24-16)8-14(20)21)12-5-6-15-23-7-13(18(22)28)27(15)25-12/h1-7,9,14H,8H2,(H2,22,28). The van der Waals surface area contributed by atoms with E-state index in [4.69, 9.17) is 5.73 Å². The highest BCUT2D eigenvalue weighted by molar-refractivity contribution is 5.91. The van der Waals surface area contributed by atoms with Crippen molar-refractivity contribution in [2.24, 2.45) is 5.73 Å². The van der Waals surface area contributed by atoms with Crippen molar-refractivity contribution >= 4 is 11.6 Å². The second kappa shape index (κ2) is 6.80. The highest BCUT2D eigenvalue weighted by Crippen LogP contribution is 2.31. The summed E-state index contributed by atoms with van der Waals surface area (Å²) in [4.78, 5) is 19.8. The molecule has 0 spiro atoms. The summed E-state index contributed by atoms with van der Waals surface area (Å²) in [5, 5.41) is 4.34. The zero-order valence-electron chi connectivity index (χ0n) is 14.3. The lowest BCUT2D eigenvalue weighted by atomic mass is 10.1. The summed E-state index contributed by atoms with van der Waals surface area (Å²) in [7, 11) is 0. The van der Waals surface area contributed by atoms with Gasteiger partial charge in [0.1, 0.15) is 17.2 Å². The number of benzene rings is 1. The number of primary amides is 1. The maximum Gasteiger partial charge on any atom is 0.269 e. The normalized spacial score (nSPS) is 11.4. The molecule has 0 aliphatic heterocycles. The number of alkyl halides is 2. The van der Waals surface area contributed by atoms with Crippen LogP contribution in [0.3, 0.4) is 0 Å².